The summed E-state index contributed by atoms with van der Waals surface area (Å²) in [5.41, 5.74) is 2.71. The molecule has 1 aromatic rings. The quantitative estimate of drug-likeness (QED) is 0.878. The van der Waals surface area contributed by atoms with E-state index >= 15 is 0 Å². The molecule has 1 aliphatic heterocycles. The standard InChI is InChI=1S/C15H24N2S/c1-4-16-12(2)13-5-7-14(8-6-13)17(3)15-9-10-18-11-15/h5-8,12,15-16H,4,9-11H2,1-3H3. The Hall–Kier alpha value is -0.670. The zero-order valence-electron chi connectivity index (χ0n) is 11.6. The second-order valence-corrected chi connectivity index (χ2v) is 6.15. The van der Waals surface area contributed by atoms with Crippen LogP contribution in [-0.2, 0) is 0 Å². The molecule has 3 heteroatoms. The lowest BCUT2D eigenvalue weighted by Gasteiger charge is -2.26. The third kappa shape index (κ3) is 3.21. The van der Waals surface area contributed by atoms with Crippen molar-refractivity contribution < 1.29 is 0 Å². The number of rotatable bonds is 5. The van der Waals surface area contributed by atoms with E-state index in [-0.39, 0.29) is 0 Å². The molecule has 0 radical (unpaired) electrons. The fraction of sp³-hybridized carbons (Fsp3) is 0.600. The smallest absolute Gasteiger partial charge is 0.0385 e. The van der Waals surface area contributed by atoms with Crippen molar-refractivity contribution in [3.8, 4) is 0 Å². The van der Waals surface area contributed by atoms with E-state index in [1.54, 1.807) is 0 Å². The number of thioether (sulfide) groups is 1. The van der Waals surface area contributed by atoms with Crippen LogP contribution in [0.4, 0.5) is 5.69 Å². The zero-order chi connectivity index (χ0) is 13.0. The first-order valence-corrected chi connectivity index (χ1v) is 8.01. The molecule has 0 saturated carbocycles. The summed E-state index contributed by atoms with van der Waals surface area (Å²) in [6.45, 7) is 5.38. The molecule has 1 aliphatic rings. The average Bonchev–Trinajstić information content (AvgIpc) is 2.92. The van der Waals surface area contributed by atoms with Gasteiger partial charge in [-0.15, -0.1) is 0 Å². The maximum atomic E-state index is 3.45. The summed E-state index contributed by atoms with van der Waals surface area (Å²) in [7, 11) is 2.22. The summed E-state index contributed by atoms with van der Waals surface area (Å²) in [6, 6.07) is 10.2. The SMILES string of the molecule is CCNC(C)c1ccc(N(C)C2CCSC2)cc1. The fourth-order valence-corrected chi connectivity index (χ4v) is 3.73. The van der Waals surface area contributed by atoms with Gasteiger partial charge in [0.1, 0.15) is 0 Å². The third-order valence-corrected chi connectivity index (χ3v) is 4.91. The Labute approximate surface area is 115 Å². The molecule has 0 bridgehead atoms. The van der Waals surface area contributed by atoms with E-state index in [0.717, 1.165) is 6.54 Å². The lowest BCUT2D eigenvalue weighted by molar-refractivity contribution is 0.598. The molecular weight excluding hydrogens is 240 g/mol. The van der Waals surface area contributed by atoms with Crippen molar-refractivity contribution in [2.45, 2.75) is 32.4 Å². The van der Waals surface area contributed by atoms with E-state index in [2.05, 4.69) is 67.1 Å². The van der Waals surface area contributed by atoms with Crippen molar-refractivity contribution >= 4 is 17.4 Å². The number of hydrogen-bond donors (Lipinski definition) is 1. The highest BCUT2D eigenvalue weighted by atomic mass is 32.2. The Morgan fingerprint density at radius 3 is 2.67 bits per heavy atom. The fourth-order valence-electron chi connectivity index (χ4n) is 2.46. The molecule has 18 heavy (non-hydrogen) atoms. The molecule has 100 valence electrons. The van der Waals surface area contributed by atoms with E-state index in [0.29, 0.717) is 12.1 Å². The molecule has 2 rings (SSSR count). The van der Waals surface area contributed by atoms with Crippen LogP contribution >= 0.6 is 11.8 Å². The second kappa shape index (κ2) is 6.48. The van der Waals surface area contributed by atoms with Crippen LogP contribution in [0.3, 0.4) is 0 Å². The minimum atomic E-state index is 0.441. The molecule has 2 unspecified atom stereocenters. The Balaban J connectivity index is 2.02. The summed E-state index contributed by atoms with van der Waals surface area (Å²) in [5, 5.41) is 3.45. The molecular formula is C15H24N2S. The van der Waals surface area contributed by atoms with Crippen LogP contribution in [-0.4, -0.2) is 31.1 Å². The maximum absolute atomic E-state index is 3.45. The Kier molecular flexibility index (Phi) is 4.95. The molecule has 0 spiro atoms. The van der Waals surface area contributed by atoms with Crippen molar-refractivity contribution in [3.63, 3.8) is 0 Å². The largest absolute Gasteiger partial charge is 0.371 e. The van der Waals surface area contributed by atoms with Crippen molar-refractivity contribution in [3.05, 3.63) is 29.8 Å². The van der Waals surface area contributed by atoms with Crippen LogP contribution < -0.4 is 10.2 Å². The van der Waals surface area contributed by atoms with Crippen LogP contribution in [0.25, 0.3) is 0 Å². The zero-order valence-corrected chi connectivity index (χ0v) is 12.5. The molecule has 0 aliphatic carbocycles. The molecule has 0 amide bonds. The van der Waals surface area contributed by atoms with E-state index < -0.39 is 0 Å². The van der Waals surface area contributed by atoms with Crippen LogP contribution in [0.5, 0.6) is 0 Å². The second-order valence-electron chi connectivity index (χ2n) is 5.00. The Morgan fingerprint density at radius 1 is 1.39 bits per heavy atom. The van der Waals surface area contributed by atoms with Gasteiger partial charge in [0.25, 0.3) is 0 Å². The summed E-state index contributed by atoms with van der Waals surface area (Å²) < 4.78 is 0. The number of hydrogen-bond acceptors (Lipinski definition) is 3. The molecule has 1 fully saturated rings. The first kappa shape index (κ1) is 13.8. The minimum Gasteiger partial charge on any atom is -0.371 e. The van der Waals surface area contributed by atoms with Gasteiger partial charge in [0.15, 0.2) is 0 Å². The van der Waals surface area contributed by atoms with E-state index in [1.807, 2.05) is 0 Å². The predicted octanol–water partition coefficient (Wildman–Crippen LogP) is 3.30. The van der Waals surface area contributed by atoms with Gasteiger partial charge in [0.2, 0.25) is 0 Å². The van der Waals surface area contributed by atoms with Gasteiger partial charge < -0.3 is 10.2 Å². The Morgan fingerprint density at radius 2 is 2.11 bits per heavy atom. The van der Waals surface area contributed by atoms with Crippen LogP contribution in [0, 0.1) is 0 Å². The highest BCUT2D eigenvalue weighted by Crippen LogP contribution is 2.26. The number of nitrogens with one attached hydrogen (secondary N) is 1. The number of benzene rings is 1. The summed E-state index contributed by atoms with van der Waals surface area (Å²) in [4.78, 5) is 2.43. The van der Waals surface area contributed by atoms with Gasteiger partial charge in [0, 0.05) is 30.6 Å². The highest BCUT2D eigenvalue weighted by Gasteiger charge is 2.20. The highest BCUT2D eigenvalue weighted by molar-refractivity contribution is 7.99. The lowest BCUT2D eigenvalue weighted by Crippen LogP contribution is -2.31. The predicted molar refractivity (Wildman–Crippen MR) is 82.7 cm³/mol. The van der Waals surface area contributed by atoms with Gasteiger partial charge in [-0.3, -0.25) is 0 Å². The average molecular weight is 264 g/mol. The van der Waals surface area contributed by atoms with E-state index in [1.165, 1.54) is 29.2 Å². The van der Waals surface area contributed by atoms with Gasteiger partial charge in [-0.25, -0.2) is 0 Å². The van der Waals surface area contributed by atoms with Crippen molar-refractivity contribution in [2.24, 2.45) is 0 Å². The number of nitrogens with zero attached hydrogens (tertiary/aromatic N) is 1. The molecule has 1 heterocycles. The van der Waals surface area contributed by atoms with E-state index in [4.69, 9.17) is 0 Å². The molecule has 1 N–H and O–H groups in total. The van der Waals surface area contributed by atoms with Crippen LogP contribution in [0.15, 0.2) is 24.3 Å². The summed E-state index contributed by atoms with van der Waals surface area (Å²) >= 11 is 2.07. The van der Waals surface area contributed by atoms with Gasteiger partial charge >= 0.3 is 0 Å². The molecule has 1 saturated heterocycles. The lowest BCUT2D eigenvalue weighted by atomic mass is 10.1. The van der Waals surface area contributed by atoms with Crippen molar-refractivity contribution in [1.29, 1.82) is 0 Å². The summed E-state index contributed by atoms with van der Waals surface area (Å²) in [5.74, 6) is 2.58. The van der Waals surface area contributed by atoms with Crippen molar-refractivity contribution in [2.75, 3.05) is 30.0 Å². The Bertz CT molecular complexity index is 357. The molecule has 2 atom stereocenters. The van der Waals surface area contributed by atoms with Crippen LogP contribution in [0.1, 0.15) is 31.9 Å². The minimum absolute atomic E-state index is 0.441. The normalized spacial score (nSPS) is 20.9. The molecule has 2 nitrogen and oxygen atoms in total. The van der Waals surface area contributed by atoms with Gasteiger partial charge in [-0.1, -0.05) is 19.1 Å². The van der Waals surface area contributed by atoms with Gasteiger partial charge in [-0.05, 0) is 43.3 Å². The summed E-state index contributed by atoms with van der Waals surface area (Å²) in [6.07, 6.45) is 1.32. The number of anilines is 1. The topological polar surface area (TPSA) is 15.3 Å². The first-order valence-electron chi connectivity index (χ1n) is 6.86. The van der Waals surface area contributed by atoms with Crippen molar-refractivity contribution in [1.82, 2.24) is 5.32 Å². The van der Waals surface area contributed by atoms with Crippen LogP contribution in [0.2, 0.25) is 0 Å². The maximum Gasteiger partial charge on any atom is 0.0385 e. The van der Waals surface area contributed by atoms with Gasteiger partial charge in [0.05, 0.1) is 0 Å². The molecule has 0 aromatic heterocycles. The first-order chi connectivity index (χ1) is 8.72. The third-order valence-electron chi connectivity index (χ3n) is 3.76. The van der Waals surface area contributed by atoms with Gasteiger partial charge in [-0.2, -0.15) is 11.8 Å². The monoisotopic (exact) mass is 264 g/mol. The molecule has 1 aromatic carbocycles. The van der Waals surface area contributed by atoms with E-state index in [9.17, 15) is 0 Å².